The van der Waals surface area contributed by atoms with Gasteiger partial charge in [0.05, 0.1) is 6.10 Å². The Morgan fingerprint density at radius 3 is 2.33 bits per heavy atom. The van der Waals surface area contributed by atoms with Gasteiger partial charge in [-0.05, 0) is 73.8 Å². The van der Waals surface area contributed by atoms with Crippen molar-refractivity contribution in [1.29, 1.82) is 0 Å². The Morgan fingerprint density at radius 2 is 1.78 bits per heavy atom. The molecule has 0 saturated carbocycles. The molecule has 0 N–H and O–H groups in total. The van der Waals surface area contributed by atoms with E-state index in [1.807, 2.05) is 42.7 Å². The molecule has 1 aromatic heterocycles. The first kappa shape index (κ1) is 22.1. The van der Waals surface area contributed by atoms with Crippen LogP contribution in [0.3, 0.4) is 0 Å². The molecule has 1 aromatic carbocycles. The molecule has 0 spiro atoms. The van der Waals surface area contributed by atoms with Gasteiger partial charge >= 0.3 is 0 Å². The molecule has 0 saturated heterocycles. The molecule has 27 heavy (non-hydrogen) atoms. The maximum absolute atomic E-state index is 6.77. The van der Waals surface area contributed by atoms with Gasteiger partial charge in [-0.1, -0.05) is 42.8 Å². The van der Waals surface area contributed by atoms with Crippen molar-refractivity contribution in [2.45, 2.75) is 70.9 Å². The third kappa shape index (κ3) is 6.73. The van der Waals surface area contributed by atoms with Gasteiger partial charge in [0.2, 0.25) is 0 Å². The van der Waals surface area contributed by atoms with Crippen LogP contribution in [0.4, 0.5) is 0 Å². The lowest BCUT2D eigenvalue weighted by atomic mass is 10.1. The van der Waals surface area contributed by atoms with Crippen LogP contribution in [-0.2, 0) is 10.8 Å². The van der Waals surface area contributed by atoms with E-state index in [-0.39, 0.29) is 17.2 Å². The fraction of sp³-hybridized carbons (Fsp3) is 0.500. The molecular formula is C22H32BrNO2Si. The number of rotatable bonds is 8. The molecule has 0 bridgehead atoms. The lowest BCUT2D eigenvalue weighted by Crippen LogP contribution is -2.47. The number of benzene rings is 1. The summed E-state index contributed by atoms with van der Waals surface area (Å²) < 4.78 is 14.1. The third-order valence-corrected chi connectivity index (χ3v) is 10.4. The molecule has 0 aliphatic carbocycles. The number of hydrogen-bond donors (Lipinski definition) is 0. The van der Waals surface area contributed by atoms with Crippen molar-refractivity contribution in [2.75, 3.05) is 0 Å². The Hall–Kier alpha value is -1.17. The zero-order chi connectivity index (χ0) is 20.1. The summed E-state index contributed by atoms with van der Waals surface area (Å²) in [6.07, 6.45) is 5.60. The number of halogens is 1. The molecule has 0 amide bonds. The van der Waals surface area contributed by atoms with Gasteiger partial charge < -0.3 is 9.16 Å². The molecular weight excluding hydrogens is 418 g/mol. The fourth-order valence-corrected chi connectivity index (χ4v) is 4.29. The normalized spacial score (nSPS) is 14.6. The Bertz CT molecular complexity index is 699. The van der Waals surface area contributed by atoms with E-state index >= 15 is 0 Å². The number of aromatic nitrogens is 1. The van der Waals surface area contributed by atoms with Crippen LogP contribution in [0.1, 0.15) is 39.7 Å². The van der Waals surface area contributed by atoms with E-state index in [0.29, 0.717) is 0 Å². The highest BCUT2D eigenvalue weighted by atomic mass is 79.9. The van der Waals surface area contributed by atoms with Crippen molar-refractivity contribution in [3.8, 4) is 5.75 Å². The first-order valence-electron chi connectivity index (χ1n) is 9.57. The molecule has 1 heterocycles. The van der Waals surface area contributed by atoms with E-state index in [1.165, 1.54) is 5.56 Å². The molecule has 2 atom stereocenters. The lowest BCUT2D eigenvalue weighted by molar-refractivity contribution is 0.0500. The standard InChI is InChI=1S/C22H32BrNO2Si/c1-17(25-20-12-10-19(23)11-13-20)21(26-27(5,6)22(2,3)4)14-9-18-8-7-15-24-16-18/h7-8,10-13,15-17,21H,9,14H2,1-6H3/t17-,21-/m0/s1. The van der Waals surface area contributed by atoms with Gasteiger partial charge in [0.25, 0.3) is 0 Å². The Labute approximate surface area is 173 Å². The number of nitrogens with zero attached hydrogens (tertiary/aromatic N) is 1. The Kier molecular flexibility index (Phi) is 7.66. The van der Waals surface area contributed by atoms with E-state index in [1.54, 1.807) is 0 Å². The van der Waals surface area contributed by atoms with Crippen LogP contribution in [0.5, 0.6) is 5.75 Å². The van der Waals surface area contributed by atoms with Crippen molar-refractivity contribution >= 4 is 24.2 Å². The van der Waals surface area contributed by atoms with Crippen LogP contribution < -0.4 is 4.74 Å². The summed E-state index contributed by atoms with van der Waals surface area (Å²) in [6.45, 7) is 13.5. The second-order valence-electron chi connectivity index (χ2n) is 8.59. The highest BCUT2D eigenvalue weighted by Crippen LogP contribution is 2.38. The quantitative estimate of drug-likeness (QED) is 0.423. The van der Waals surface area contributed by atoms with Crippen LogP contribution in [-0.4, -0.2) is 25.5 Å². The molecule has 5 heteroatoms. The summed E-state index contributed by atoms with van der Waals surface area (Å²) in [6, 6.07) is 12.1. The van der Waals surface area contributed by atoms with Gasteiger partial charge in [-0.3, -0.25) is 4.98 Å². The summed E-state index contributed by atoms with van der Waals surface area (Å²) in [5.41, 5.74) is 1.23. The molecule has 0 unspecified atom stereocenters. The average Bonchev–Trinajstić information content (AvgIpc) is 2.60. The predicted molar refractivity (Wildman–Crippen MR) is 119 cm³/mol. The van der Waals surface area contributed by atoms with Crippen molar-refractivity contribution in [3.63, 3.8) is 0 Å². The van der Waals surface area contributed by atoms with E-state index in [2.05, 4.69) is 67.8 Å². The summed E-state index contributed by atoms with van der Waals surface area (Å²) in [7, 11) is -1.90. The summed E-state index contributed by atoms with van der Waals surface area (Å²) in [4.78, 5) is 4.23. The second kappa shape index (κ2) is 9.35. The van der Waals surface area contributed by atoms with Crippen LogP contribution in [0, 0.1) is 0 Å². The van der Waals surface area contributed by atoms with E-state index < -0.39 is 8.32 Å². The molecule has 2 rings (SSSR count). The maximum Gasteiger partial charge on any atom is 0.192 e. The van der Waals surface area contributed by atoms with Gasteiger partial charge in [-0.25, -0.2) is 0 Å². The van der Waals surface area contributed by atoms with Crippen LogP contribution in [0.15, 0.2) is 53.3 Å². The largest absolute Gasteiger partial charge is 0.488 e. The molecule has 148 valence electrons. The number of hydrogen-bond acceptors (Lipinski definition) is 3. The highest BCUT2D eigenvalue weighted by molar-refractivity contribution is 9.10. The smallest absolute Gasteiger partial charge is 0.192 e. The van der Waals surface area contributed by atoms with Gasteiger partial charge in [-0.15, -0.1) is 0 Å². The van der Waals surface area contributed by atoms with Crippen LogP contribution in [0.2, 0.25) is 18.1 Å². The Balaban J connectivity index is 2.12. The molecule has 0 fully saturated rings. The zero-order valence-corrected chi connectivity index (χ0v) is 19.9. The SMILES string of the molecule is C[C@H](Oc1ccc(Br)cc1)[C@H](CCc1cccnc1)O[Si](C)(C)C(C)(C)C. The van der Waals surface area contributed by atoms with Crippen LogP contribution >= 0.6 is 15.9 Å². The van der Waals surface area contributed by atoms with Gasteiger partial charge in [0.1, 0.15) is 11.9 Å². The van der Waals surface area contributed by atoms with Crippen molar-refractivity contribution < 1.29 is 9.16 Å². The van der Waals surface area contributed by atoms with Gasteiger partial charge in [0.15, 0.2) is 8.32 Å². The lowest BCUT2D eigenvalue weighted by Gasteiger charge is -2.41. The minimum Gasteiger partial charge on any atom is -0.488 e. The number of ether oxygens (including phenoxy) is 1. The predicted octanol–water partition coefficient (Wildman–Crippen LogP) is 6.63. The minimum atomic E-state index is -1.90. The number of pyridine rings is 1. The monoisotopic (exact) mass is 449 g/mol. The molecule has 3 nitrogen and oxygen atoms in total. The fourth-order valence-electron chi connectivity index (χ4n) is 2.60. The first-order valence-corrected chi connectivity index (χ1v) is 13.3. The van der Waals surface area contributed by atoms with Crippen LogP contribution in [0.25, 0.3) is 0 Å². The van der Waals surface area contributed by atoms with Crippen molar-refractivity contribution in [1.82, 2.24) is 4.98 Å². The second-order valence-corrected chi connectivity index (χ2v) is 14.3. The molecule has 2 aromatic rings. The van der Waals surface area contributed by atoms with Crippen molar-refractivity contribution in [2.24, 2.45) is 0 Å². The number of aryl methyl sites for hydroxylation is 1. The summed E-state index contributed by atoms with van der Waals surface area (Å²) in [5, 5.41) is 0.164. The molecule has 0 radical (unpaired) electrons. The zero-order valence-electron chi connectivity index (χ0n) is 17.3. The summed E-state index contributed by atoms with van der Waals surface area (Å²) >= 11 is 3.47. The highest BCUT2D eigenvalue weighted by Gasteiger charge is 2.40. The third-order valence-electron chi connectivity index (χ3n) is 5.35. The molecule has 0 aliphatic rings. The molecule has 0 aliphatic heterocycles. The van der Waals surface area contributed by atoms with E-state index in [4.69, 9.17) is 9.16 Å². The van der Waals surface area contributed by atoms with E-state index in [9.17, 15) is 0 Å². The van der Waals surface area contributed by atoms with E-state index in [0.717, 1.165) is 23.1 Å². The topological polar surface area (TPSA) is 31.4 Å². The van der Waals surface area contributed by atoms with Gasteiger partial charge in [-0.2, -0.15) is 0 Å². The summed E-state index contributed by atoms with van der Waals surface area (Å²) in [5.74, 6) is 0.871. The Morgan fingerprint density at radius 1 is 1.11 bits per heavy atom. The maximum atomic E-state index is 6.77. The van der Waals surface area contributed by atoms with Gasteiger partial charge in [0, 0.05) is 16.9 Å². The average molecular weight is 450 g/mol. The minimum absolute atomic E-state index is 0.0306. The van der Waals surface area contributed by atoms with Crippen molar-refractivity contribution in [3.05, 3.63) is 58.8 Å². The first-order chi connectivity index (χ1) is 12.6.